The highest BCUT2D eigenvalue weighted by atomic mass is 32.1. The maximum atomic E-state index is 13.4. The van der Waals surface area contributed by atoms with Crippen molar-refractivity contribution in [2.75, 3.05) is 11.5 Å². The zero-order chi connectivity index (χ0) is 24.7. The van der Waals surface area contributed by atoms with E-state index in [-0.39, 0.29) is 11.3 Å². The first-order valence-corrected chi connectivity index (χ1v) is 12.0. The van der Waals surface area contributed by atoms with E-state index in [1.807, 2.05) is 32.9 Å². The minimum Gasteiger partial charge on any atom is -0.507 e. The summed E-state index contributed by atoms with van der Waals surface area (Å²) in [7, 11) is 0. The van der Waals surface area contributed by atoms with Gasteiger partial charge in [0.15, 0.2) is 5.13 Å². The highest BCUT2D eigenvalue weighted by Gasteiger charge is 2.48. The standard InChI is InChI=1S/C27H23N3O4S/c1-4-34-19-7-5-17(6-8-19)23-21(24(31)18-9-11-28-12-10-18)25(32)26(33)30(23)27-29-22-16(3)13-15(2)14-20(22)35-27/h5-14,23,31H,4H2,1-3H3. The number of amides is 1. The lowest BCUT2D eigenvalue weighted by Gasteiger charge is -2.23. The summed E-state index contributed by atoms with van der Waals surface area (Å²) < 4.78 is 6.49. The second kappa shape index (κ2) is 8.96. The Hall–Kier alpha value is -4.04. The molecule has 1 N–H and O–H groups in total. The lowest BCUT2D eigenvalue weighted by molar-refractivity contribution is -0.132. The first kappa shape index (κ1) is 22.7. The van der Waals surface area contributed by atoms with Crippen LogP contribution in [-0.4, -0.2) is 33.4 Å². The van der Waals surface area contributed by atoms with Crippen molar-refractivity contribution >= 4 is 44.1 Å². The number of aliphatic hydroxyl groups is 1. The molecule has 8 heteroatoms. The Balaban J connectivity index is 1.71. The first-order valence-electron chi connectivity index (χ1n) is 11.2. The predicted octanol–water partition coefficient (Wildman–Crippen LogP) is 5.33. The number of carbonyl (C=O) groups is 2. The van der Waals surface area contributed by atoms with Crippen LogP contribution >= 0.6 is 11.3 Å². The molecule has 1 atom stereocenters. The van der Waals surface area contributed by atoms with Crippen molar-refractivity contribution in [3.8, 4) is 5.75 Å². The minimum atomic E-state index is -0.846. The molecule has 35 heavy (non-hydrogen) atoms. The van der Waals surface area contributed by atoms with Crippen LogP contribution in [0.3, 0.4) is 0 Å². The van der Waals surface area contributed by atoms with Gasteiger partial charge in [-0.05, 0) is 67.8 Å². The molecule has 1 unspecified atom stereocenters. The van der Waals surface area contributed by atoms with Crippen LogP contribution in [0.15, 0.2) is 66.5 Å². The van der Waals surface area contributed by atoms with Crippen LogP contribution in [0.1, 0.15) is 35.2 Å². The summed E-state index contributed by atoms with van der Waals surface area (Å²) in [5.74, 6) is -1.06. The van der Waals surface area contributed by atoms with Crippen molar-refractivity contribution in [3.05, 3.63) is 88.8 Å². The van der Waals surface area contributed by atoms with Gasteiger partial charge in [-0.25, -0.2) is 4.98 Å². The number of aryl methyl sites for hydroxylation is 2. The van der Waals surface area contributed by atoms with Crippen molar-refractivity contribution in [2.24, 2.45) is 0 Å². The van der Waals surface area contributed by atoms with Gasteiger partial charge in [0.1, 0.15) is 11.5 Å². The Kier molecular flexibility index (Phi) is 5.82. The van der Waals surface area contributed by atoms with Crippen LogP contribution < -0.4 is 9.64 Å². The fourth-order valence-corrected chi connectivity index (χ4v) is 5.55. The largest absolute Gasteiger partial charge is 0.507 e. The predicted molar refractivity (Wildman–Crippen MR) is 136 cm³/mol. The van der Waals surface area contributed by atoms with Crippen LogP contribution in [0, 0.1) is 13.8 Å². The van der Waals surface area contributed by atoms with Gasteiger partial charge in [-0.2, -0.15) is 0 Å². The normalized spacial score (nSPS) is 17.3. The van der Waals surface area contributed by atoms with Crippen LogP contribution in [0.2, 0.25) is 0 Å². The fourth-order valence-electron chi connectivity index (χ4n) is 4.39. The minimum absolute atomic E-state index is 0.0116. The summed E-state index contributed by atoms with van der Waals surface area (Å²) >= 11 is 1.35. The molecule has 0 bridgehead atoms. The Bertz CT molecular complexity index is 1480. The van der Waals surface area contributed by atoms with E-state index in [0.29, 0.717) is 28.6 Å². The van der Waals surface area contributed by atoms with E-state index in [4.69, 9.17) is 9.72 Å². The van der Waals surface area contributed by atoms with Gasteiger partial charge in [-0.1, -0.05) is 29.5 Å². The number of hydrogen-bond acceptors (Lipinski definition) is 7. The molecule has 2 aromatic heterocycles. The van der Waals surface area contributed by atoms with Crippen LogP contribution in [0.5, 0.6) is 5.75 Å². The third-order valence-electron chi connectivity index (χ3n) is 5.93. The number of aliphatic hydroxyl groups excluding tert-OH is 1. The van der Waals surface area contributed by atoms with E-state index in [0.717, 1.165) is 21.3 Å². The summed E-state index contributed by atoms with van der Waals surface area (Å²) in [6.07, 6.45) is 3.05. The molecular weight excluding hydrogens is 462 g/mol. The van der Waals surface area contributed by atoms with Crippen molar-refractivity contribution in [3.63, 3.8) is 0 Å². The van der Waals surface area contributed by atoms with E-state index >= 15 is 0 Å². The summed E-state index contributed by atoms with van der Waals surface area (Å²) in [6, 6.07) is 13.6. The van der Waals surface area contributed by atoms with Crippen LogP contribution in [-0.2, 0) is 9.59 Å². The number of pyridine rings is 1. The van der Waals surface area contributed by atoms with Gasteiger partial charge >= 0.3 is 5.91 Å². The molecule has 4 aromatic rings. The van der Waals surface area contributed by atoms with E-state index in [9.17, 15) is 14.7 Å². The first-order chi connectivity index (χ1) is 16.9. The summed E-state index contributed by atoms with van der Waals surface area (Å²) in [6.45, 7) is 6.39. The molecule has 1 fully saturated rings. The number of fused-ring (bicyclic) bond motifs is 1. The molecule has 176 valence electrons. The van der Waals surface area contributed by atoms with E-state index in [1.54, 1.807) is 36.4 Å². The van der Waals surface area contributed by atoms with Gasteiger partial charge in [0.2, 0.25) is 0 Å². The van der Waals surface area contributed by atoms with Crippen molar-refractivity contribution < 1.29 is 19.4 Å². The van der Waals surface area contributed by atoms with Gasteiger partial charge in [0, 0.05) is 18.0 Å². The number of ether oxygens (including phenoxy) is 1. The lowest BCUT2D eigenvalue weighted by atomic mass is 9.95. The molecule has 0 radical (unpaired) electrons. The quantitative estimate of drug-likeness (QED) is 0.233. The number of benzene rings is 2. The summed E-state index contributed by atoms with van der Waals surface area (Å²) in [4.78, 5) is 36.8. The maximum absolute atomic E-state index is 13.4. The SMILES string of the molecule is CCOc1ccc(C2C(=C(O)c3ccncc3)C(=O)C(=O)N2c2nc3c(C)cc(C)cc3s2)cc1. The Morgan fingerprint density at radius 1 is 1.09 bits per heavy atom. The van der Waals surface area contributed by atoms with E-state index in [1.165, 1.54) is 28.6 Å². The van der Waals surface area contributed by atoms with Gasteiger partial charge in [0.25, 0.3) is 5.78 Å². The van der Waals surface area contributed by atoms with Gasteiger partial charge in [-0.3, -0.25) is 19.5 Å². The number of aromatic nitrogens is 2. The van der Waals surface area contributed by atoms with Crippen LogP contribution in [0.4, 0.5) is 5.13 Å². The molecule has 1 aliphatic heterocycles. The van der Waals surface area contributed by atoms with Crippen LogP contribution in [0.25, 0.3) is 16.0 Å². The molecule has 7 nitrogen and oxygen atoms in total. The molecule has 1 amide bonds. The van der Waals surface area contributed by atoms with Crippen molar-refractivity contribution in [1.29, 1.82) is 0 Å². The number of nitrogens with zero attached hydrogens (tertiary/aromatic N) is 3. The highest BCUT2D eigenvalue weighted by molar-refractivity contribution is 7.22. The number of ketones is 1. The Morgan fingerprint density at radius 2 is 1.80 bits per heavy atom. The Morgan fingerprint density at radius 3 is 2.49 bits per heavy atom. The molecule has 2 aromatic carbocycles. The Labute approximate surface area is 206 Å². The van der Waals surface area contributed by atoms with Crippen molar-refractivity contribution in [2.45, 2.75) is 26.8 Å². The number of Topliss-reactive ketones (excluding diaryl/α,β-unsaturated/α-hetero) is 1. The number of carbonyl (C=O) groups excluding carboxylic acids is 2. The van der Waals surface area contributed by atoms with Gasteiger partial charge in [-0.15, -0.1) is 0 Å². The average Bonchev–Trinajstić information content (AvgIpc) is 3.39. The zero-order valence-electron chi connectivity index (χ0n) is 19.5. The average molecular weight is 486 g/mol. The van der Waals surface area contributed by atoms with E-state index in [2.05, 4.69) is 4.98 Å². The molecule has 1 saturated heterocycles. The van der Waals surface area contributed by atoms with Gasteiger partial charge < -0.3 is 9.84 Å². The monoisotopic (exact) mass is 485 g/mol. The molecule has 0 spiro atoms. The molecule has 0 aliphatic carbocycles. The number of anilines is 1. The highest BCUT2D eigenvalue weighted by Crippen LogP contribution is 2.44. The lowest BCUT2D eigenvalue weighted by Crippen LogP contribution is -2.29. The van der Waals surface area contributed by atoms with Gasteiger partial charge in [0.05, 0.1) is 28.4 Å². The molecular formula is C27H23N3O4S. The maximum Gasteiger partial charge on any atom is 0.301 e. The fraction of sp³-hybridized carbons (Fsp3) is 0.185. The van der Waals surface area contributed by atoms with E-state index < -0.39 is 17.7 Å². The topological polar surface area (TPSA) is 92.6 Å². The zero-order valence-corrected chi connectivity index (χ0v) is 20.3. The second-order valence-corrected chi connectivity index (χ2v) is 9.34. The third-order valence-corrected chi connectivity index (χ3v) is 6.93. The molecule has 5 rings (SSSR count). The van der Waals surface area contributed by atoms with Crippen molar-refractivity contribution in [1.82, 2.24) is 9.97 Å². The second-order valence-electron chi connectivity index (χ2n) is 8.33. The number of rotatable bonds is 5. The molecule has 1 aliphatic rings. The molecule has 0 saturated carbocycles. The number of thiazole rings is 1. The summed E-state index contributed by atoms with van der Waals surface area (Å²) in [5.41, 5.74) is 3.95. The molecule has 3 heterocycles. The third kappa shape index (κ3) is 3.95. The summed E-state index contributed by atoms with van der Waals surface area (Å²) in [5, 5.41) is 11.6. The smallest absolute Gasteiger partial charge is 0.301 e. The number of hydrogen-bond donors (Lipinski definition) is 1.